The molecule has 0 saturated heterocycles. The van der Waals surface area contributed by atoms with Crippen LogP contribution in [0, 0.1) is 0 Å². The summed E-state index contributed by atoms with van der Waals surface area (Å²) in [5.41, 5.74) is 2.26. The predicted molar refractivity (Wildman–Crippen MR) is 96.9 cm³/mol. The number of benzene rings is 2. The fraction of sp³-hybridized carbons (Fsp3) is 0.176. The van der Waals surface area contributed by atoms with Gasteiger partial charge in [0.15, 0.2) is 0 Å². The minimum Gasteiger partial charge on any atom is -0.345 e. The van der Waals surface area contributed by atoms with Crippen molar-refractivity contribution in [2.75, 3.05) is 11.0 Å². The lowest BCUT2D eigenvalue weighted by Gasteiger charge is -2.18. The number of carbonyl (C=O) groups is 1. The molecular weight excluding hydrogens is 340 g/mol. The molecule has 0 aliphatic heterocycles. The van der Waals surface area contributed by atoms with E-state index in [2.05, 4.69) is 20.2 Å². The summed E-state index contributed by atoms with van der Waals surface area (Å²) in [6.07, 6.45) is 2.74. The van der Waals surface area contributed by atoms with Gasteiger partial charge in [-0.2, -0.15) is 5.10 Å². The van der Waals surface area contributed by atoms with Gasteiger partial charge in [0.25, 0.3) is 5.91 Å². The summed E-state index contributed by atoms with van der Waals surface area (Å²) in [5.74, 6) is -0.267. The fourth-order valence-corrected chi connectivity index (χ4v) is 3.26. The van der Waals surface area contributed by atoms with Crippen LogP contribution < -0.4 is 10.0 Å². The van der Waals surface area contributed by atoms with Crippen molar-refractivity contribution >= 4 is 32.5 Å². The molecule has 0 fully saturated rings. The van der Waals surface area contributed by atoms with Crippen LogP contribution in [0.3, 0.4) is 0 Å². The lowest BCUT2D eigenvalue weighted by molar-refractivity contribution is 0.0941. The van der Waals surface area contributed by atoms with E-state index in [1.54, 1.807) is 49.5 Å². The molecule has 1 aromatic heterocycles. The summed E-state index contributed by atoms with van der Waals surface area (Å²) in [7, 11) is -3.41. The van der Waals surface area contributed by atoms with Crippen LogP contribution in [-0.2, 0) is 10.0 Å². The van der Waals surface area contributed by atoms with Crippen LogP contribution in [0.4, 0.5) is 5.69 Å². The Bertz CT molecular complexity index is 1030. The van der Waals surface area contributed by atoms with Crippen LogP contribution in [-0.4, -0.2) is 30.8 Å². The second-order valence-electron chi connectivity index (χ2n) is 5.80. The SMILES string of the molecule is CC(NC(=O)c1cccc2cn[nH]c12)c1ccccc1NS(C)(=O)=O. The van der Waals surface area contributed by atoms with Gasteiger partial charge in [-0.1, -0.05) is 30.3 Å². The number of anilines is 1. The number of aromatic amines is 1. The van der Waals surface area contributed by atoms with E-state index in [-0.39, 0.29) is 5.91 Å². The molecule has 130 valence electrons. The first-order valence-electron chi connectivity index (χ1n) is 7.65. The van der Waals surface area contributed by atoms with Gasteiger partial charge in [0.1, 0.15) is 0 Å². The molecule has 0 spiro atoms. The van der Waals surface area contributed by atoms with Gasteiger partial charge in [0.05, 0.1) is 35.3 Å². The molecule has 1 atom stereocenters. The highest BCUT2D eigenvalue weighted by molar-refractivity contribution is 7.92. The number of hydrogen-bond acceptors (Lipinski definition) is 4. The molecule has 0 saturated carbocycles. The summed E-state index contributed by atoms with van der Waals surface area (Å²) < 4.78 is 25.5. The molecule has 2 aromatic carbocycles. The van der Waals surface area contributed by atoms with Crippen molar-refractivity contribution in [1.82, 2.24) is 15.5 Å². The van der Waals surface area contributed by atoms with E-state index < -0.39 is 16.1 Å². The Kier molecular flexibility index (Phi) is 4.45. The summed E-state index contributed by atoms with van der Waals surface area (Å²) in [4.78, 5) is 12.6. The lowest BCUT2D eigenvalue weighted by atomic mass is 10.1. The quantitative estimate of drug-likeness (QED) is 0.651. The maximum absolute atomic E-state index is 12.6. The number of nitrogens with zero attached hydrogens (tertiary/aromatic N) is 1. The molecule has 0 aliphatic carbocycles. The zero-order valence-corrected chi connectivity index (χ0v) is 14.6. The van der Waals surface area contributed by atoms with Crippen LogP contribution in [0.2, 0.25) is 0 Å². The Morgan fingerprint density at radius 2 is 1.92 bits per heavy atom. The maximum atomic E-state index is 12.6. The number of H-pyrrole nitrogens is 1. The zero-order chi connectivity index (χ0) is 18.0. The molecule has 3 rings (SSSR count). The van der Waals surface area contributed by atoms with E-state index in [1.165, 1.54) is 0 Å². The van der Waals surface area contributed by atoms with Gasteiger partial charge < -0.3 is 5.32 Å². The number of rotatable bonds is 5. The van der Waals surface area contributed by atoms with Crippen molar-refractivity contribution in [3.05, 3.63) is 59.8 Å². The molecule has 3 N–H and O–H groups in total. The van der Waals surface area contributed by atoms with Gasteiger partial charge in [0.2, 0.25) is 10.0 Å². The average Bonchev–Trinajstić information content (AvgIpc) is 3.02. The summed E-state index contributed by atoms with van der Waals surface area (Å²) in [5, 5.41) is 10.5. The molecule has 1 heterocycles. The van der Waals surface area contributed by atoms with Crippen molar-refractivity contribution in [3.63, 3.8) is 0 Å². The van der Waals surface area contributed by atoms with Crippen LogP contribution in [0.5, 0.6) is 0 Å². The Labute approximate surface area is 145 Å². The first-order chi connectivity index (χ1) is 11.8. The minimum atomic E-state index is -3.41. The van der Waals surface area contributed by atoms with Crippen molar-refractivity contribution < 1.29 is 13.2 Å². The number of aromatic nitrogens is 2. The monoisotopic (exact) mass is 358 g/mol. The van der Waals surface area contributed by atoms with E-state index in [1.807, 2.05) is 6.07 Å². The van der Waals surface area contributed by atoms with Crippen molar-refractivity contribution in [3.8, 4) is 0 Å². The number of sulfonamides is 1. The average molecular weight is 358 g/mol. The van der Waals surface area contributed by atoms with E-state index in [0.717, 1.165) is 11.6 Å². The highest BCUT2D eigenvalue weighted by Gasteiger charge is 2.17. The van der Waals surface area contributed by atoms with Crippen molar-refractivity contribution in [2.45, 2.75) is 13.0 Å². The van der Waals surface area contributed by atoms with E-state index in [9.17, 15) is 13.2 Å². The third-order valence-corrected chi connectivity index (χ3v) is 4.38. The Morgan fingerprint density at radius 1 is 1.16 bits per heavy atom. The maximum Gasteiger partial charge on any atom is 0.253 e. The first kappa shape index (κ1) is 17.0. The largest absolute Gasteiger partial charge is 0.345 e. The topological polar surface area (TPSA) is 104 Å². The predicted octanol–water partition coefficient (Wildman–Crippen LogP) is 2.43. The van der Waals surface area contributed by atoms with Gasteiger partial charge in [0, 0.05) is 5.39 Å². The normalized spacial score (nSPS) is 12.7. The highest BCUT2D eigenvalue weighted by Crippen LogP contribution is 2.24. The van der Waals surface area contributed by atoms with Gasteiger partial charge in [-0.05, 0) is 24.6 Å². The third-order valence-electron chi connectivity index (χ3n) is 3.79. The zero-order valence-electron chi connectivity index (χ0n) is 13.8. The summed E-state index contributed by atoms with van der Waals surface area (Å²) in [6, 6.07) is 11.9. The number of para-hydroxylation sites is 2. The second kappa shape index (κ2) is 6.56. The molecule has 1 amide bonds. The minimum absolute atomic E-state index is 0.267. The van der Waals surface area contributed by atoms with E-state index in [0.29, 0.717) is 22.3 Å². The van der Waals surface area contributed by atoms with Crippen LogP contribution in [0.1, 0.15) is 28.9 Å². The van der Waals surface area contributed by atoms with Crippen molar-refractivity contribution in [2.24, 2.45) is 0 Å². The molecule has 8 heteroatoms. The molecule has 1 unspecified atom stereocenters. The summed E-state index contributed by atoms with van der Waals surface area (Å²) >= 11 is 0. The number of fused-ring (bicyclic) bond motifs is 1. The van der Waals surface area contributed by atoms with Gasteiger partial charge in [-0.3, -0.25) is 14.6 Å². The Hall–Kier alpha value is -2.87. The van der Waals surface area contributed by atoms with E-state index in [4.69, 9.17) is 0 Å². The van der Waals surface area contributed by atoms with Crippen LogP contribution in [0.25, 0.3) is 10.9 Å². The summed E-state index contributed by atoms with van der Waals surface area (Å²) in [6.45, 7) is 1.80. The van der Waals surface area contributed by atoms with Crippen LogP contribution in [0.15, 0.2) is 48.7 Å². The van der Waals surface area contributed by atoms with Gasteiger partial charge in [-0.15, -0.1) is 0 Å². The molecule has 0 radical (unpaired) electrons. The molecule has 0 aliphatic rings. The fourth-order valence-electron chi connectivity index (χ4n) is 2.68. The molecule has 3 aromatic rings. The molecular formula is C17H18N4O3S. The first-order valence-corrected chi connectivity index (χ1v) is 9.54. The second-order valence-corrected chi connectivity index (χ2v) is 7.54. The molecule has 0 bridgehead atoms. The molecule has 7 nitrogen and oxygen atoms in total. The third kappa shape index (κ3) is 3.80. The highest BCUT2D eigenvalue weighted by atomic mass is 32.2. The smallest absolute Gasteiger partial charge is 0.253 e. The Morgan fingerprint density at radius 3 is 2.68 bits per heavy atom. The standard InChI is InChI=1S/C17H18N4O3S/c1-11(13-7-3-4-9-15(13)21-25(2,23)24)19-17(22)14-8-5-6-12-10-18-20-16(12)14/h3-11,21H,1-2H3,(H,18,20)(H,19,22). The lowest BCUT2D eigenvalue weighted by Crippen LogP contribution is -2.27. The number of hydrogen-bond donors (Lipinski definition) is 3. The molecule has 25 heavy (non-hydrogen) atoms. The van der Waals surface area contributed by atoms with Crippen molar-refractivity contribution in [1.29, 1.82) is 0 Å². The number of carbonyl (C=O) groups excluding carboxylic acids is 1. The number of amides is 1. The van der Waals surface area contributed by atoms with Gasteiger partial charge >= 0.3 is 0 Å². The Balaban J connectivity index is 1.86. The number of nitrogens with one attached hydrogen (secondary N) is 3. The van der Waals surface area contributed by atoms with E-state index >= 15 is 0 Å². The van der Waals surface area contributed by atoms with Gasteiger partial charge in [-0.25, -0.2) is 8.42 Å². The van der Waals surface area contributed by atoms with Crippen LogP contribution >= 0.6 is 0 Å².